The lowest BCUT2D eigenvalue weighted by Gasteiger charge is -2.32. The molecule has 3 rings (SSSR count). The molecular formula is C20H27NO6S. The molecule has 0 aliphatic carbocycles. The third-order valence-electron chi connectivity index (χ3n) is 4.83. The van der Waals surface area contributed by atoms with Gasteiger partial charge in [-0.25, -0.2) is 8.42 Å². The highest BCUT2D eigenvalue weighted by Crippen LogP contribution is 2.40. The lowest BCUT2D eigenvalue weighted by atomic mass is 10.1. The predicted molar refractivity (Wildman–Crippen MR) is 103 cm³/mol. The number of hydrogen-bond acceptors (Lipinski definition) is 6. The van der Waals surface area contributed by atoms with E-state index in [0.717, 1.165) is 11.1 Å². The summed E-state index contributed by atoms with van der Waals surface area (Å²) < 4.78 is 45.6. The topological polar surface area (TPSA) is 82.1 Å². The summed E-state index contributed by atoms with van der Waals surface area (Å²) in [6, 6.07) is 5.80. The number of sulfonamides is 1. The lowest BCUT2D eigenvalue weighted by molar-refractivity contribution is -0.207. The minimum Gasteiger partial charge on any atom is -0.340 e. The standard InChI is InChI=1S/C20H27NO6S/c1-13(2)10-11-21(28(23,24)15-8-6-14(3)7-9-15)17-16(12-22)25-19-18(17)26-20(4,5)27-19/h6-10,12,16-19H,11H2,1-5H3/t16-,17-,18-,19-/m1/s1. The molecule has 0 unspecified atom stereocenters. The first kappa shape index (κ1) is 21.1. The van der Waals surface area contributed by atoms with Crippen molar-refractivity contribution >= 4 is 16.3 Å². The average Bonchev–Trinajstić information content (AvgIpc) is 3.07. The second-order valence-electron chi connectivity index (χ2n) is 7.87. The Morgan fingerprint density at radius 1 is 1.18 bits per heavy atom. The summed E-state index contributed by atoms with van der Waals surface area (Å²) in [7, 11) is -3.90. The number of benzene rings is 1. The van der Waals surface area contributed by atoms with Crippen molar-refractivity contribution in [2.45, 2.75) is 69.8 Å². The molecule has 2 fully saturated rings. The van der Waals surface area contributed by atoms with Crippen LogP contribution in [0.3, 0.4) is 0 Å². The molecule has 0 bridgehead atoms. The van der Waals surface area contributed by atoms with Crippen LogP contribution < -0.4 is 0 Å². The number of carbonyl (C=O) groups excluding carboxylic acids is 1. The first-order chi connectivity index (χ1) is 13.0. The molecule has 0 aromatic heterocycles. The number of fused-ring (bicyclic) bond motifs is 1. The van der Waals surface area contributed by atoms with E-state index in [9.17, 15) is 13.2 Å². The van der Waals surface area contributed by atoms with Crippen LogP contribution in [-0.4, -0.2) is 55.9 Å². The fraction of sp³-hybridized carbons (Fsp3) is 0.550. The van der Waals surface area contributed by atoms with Crippen LogP contribution in [0.2, 0.25) is 0 Å². The largest absolute Gasteiger partial charge is 0.340 e. The number of carbonyl (C=O) groups is 1. The van der Waals surface area contributed by atoms with Crippen molar-refractivity contribution in [3.63, 3.8) is 0 Å². The summed E-state index contributed by atoms with van der Waals surface area (Å²) in [5, 5.41) is 0. The third-order valence-corrected chi connectivity index (χ3v) is 6.70. The van der Waals surface area contributed by atoms with E-state index in [1.165, 1.54) is 4.31 Å². The van der Waals surface area contributed by atoms with E-state index in [1.54, 1.807) is 38.1 Å². The Labute approximate surface area is 166 Å². The number of aryl methyl sites for hydroxylation is 1. The Bertz CT molecular complexity index is 857. The fourth-order valence-corrected chi connectivity index (χ4v) is 5.04. The lowest BCUT2D eigenvalue weighted by Crippen LogP contribution is -2.51. The van der Waals surface area contributed by atoms with Gasteiger partial charge in [-0.3, -0.25) is 0 Å². The zero-order valence-corrected chi connectivity index (χ0v) is 17.6. The van der Waals surface area contributed by atoms with Crippen molar-refractivity contribution in [2.24, 2.45) is 0 Å². The second kappa shape index (κ2) is 7.68. The van der Waals surface area contributed by atoms with Gasteiger partial charge in [0.2, 0.25) is 10.0 Å². The Morgan fingerprint density at radius 2 is 1.82 bits per heavy atom. The highest BCUT2D eigenvalue weighted by atomic mass is 32.2. The summed E-state index contributed by atoms with van der Waals surface area (Å²) in [6.07, 6.45) is -0.0457. The number of ether oxygens (including phenoxy) is 3. The summed E-state index contributed by atoms with van der Waals surface area (Å²) >= 11 is 0. The Morgan fingerprint density at radius 3 is 2.39 bits per heavy atom. The first-order valence-electron chi connectivity index (χ1n) is 9.23. The molecule has 28 heavy (non-hydrogen) atoms. The Balaban J connectivity index is 2.04. The van der Waals surface area contributed by atoms with Crippen molar-refractivity contribution in [1.82, 2.24) is 4.31 Å². The number of hydrogen-bond donors (Lipinski definition) is 0. The van der Waals surface area contributed by atoms with Crippen LogP contribution in [0.15, 0.2) is 40.8 Å². The van der Waals surface area contributed by atoms with E-state index in [2.05, 4.69) is 0 Å². The van der Waals surface area contributed by atoms with E-state index in [-0.39, 0.29) is 11.4 Å². The van der Waals surface area contributed by atoms with Gasteiger partial charge in [0.15, 0.2) is 18.4 Å². The summed E-state index contributed by atoms with van der Waals surface area (Å²) in [6.45, 7) is 9.23. The molecule has 0 N–H and O–H groups in total. The molecule has 2 heterocycles. The predicted octanol–water partition coefficient (Wildman–Crippen LogP) is 2.40. The monoisotopic (exact) mass is 409 g/mol. The van der Waals surface area contributed by atoms with Gasteiger partial charge in [0.25, 0.3) is 0 Å². The highest BCUT2D eigenvalue weighted by molar-refractivity contribution is 7.89. The maximum Gasteiger partial charge on any atom is 0.243 e. The number of nitrogens with zero attached hydrogens (tertiary/aromatic N) is 1. The Hall–Kier alpha value is -1.58. The Kier molecular flexibility index (Phi) is 5.80. The number of allylic oxidation sites excluding steroid dienone is 1. The van der Waals surface area contributed by atoms with Crippen LogP contribution in [0.25, 0.3) is 0 Å². The van der Waals surface area contributed by atoms with Gasteiger partial charge in [0.05, 0.1) is 10.9 Å². The SMILES string of the molecule is CC(C)=CCN([C@H]1[C@H]2OC(C)(C)O[C@H]2O[C@@H]1C=O)S(=O)(=O)c1ccc(C)cc1. The van der Waals surface area contributed by atoms with Crippen molar-refractivity contribution in [3.05, 3.63) is 41.5 Å². The maximum atomic E-state index is 13.5. The van der Waals surface area contributed by atoms with Crippen LogP contribution in [0, 0.1) is 6.92 Å². The van der Waals surface area contributed by atoms with Gasteiger partial charge in [0, 0.05) is 6.54 Å². The van der Waals surface area contributed by atoms with Gasteiger partial charge in [0.1, 0.15) is 12.2 Å². The van der Waals surface area contributed by atoms with Crippen molar-refractivity contribution in [1.29, 1.82) is 0 Å². The molecule has 154 valence electrons. The highest BCUT2D eigenvalue weighted by Gasteiger charge is 2.58. The molecule has 0 radical (unpaired) electrons. The smallest absolute Gasteiger partial charge is 0.243 e. The van der Waals surface area contributed by atoms with Crippen molar-refractivity contribution in [3.8, 4) is 0 Å². The van der Waals surface area contributed by atoms with Gasteiger partial charge < -0.3 is 19.0 Å². The van der Waals surface area contributed by atoms with Gasteiger partial charge >= 0.3 is 0 Å². The number of rotatable bonds is 6. The van der Waals surface area contributed by atoms with Crippen LogP contribution in [0.5, 0.6) is 0 Å². The first-order valence-corrected chi connectivity index (χ1v) is 10.7. The van der Waals surface area contributed by atoms with Gasteiger partial charge in [-0.2, -0.15) is 4.31 Å². The molecule has 2 aliphatic rings. The van der Waals surface area contributed by atoms with Crippen LogP contribution in [-0.2, 0) is 29.0 Å². The molecule has 7 nitrogen and oxygen atoms in total. The second-order valence-corrected chi connectivity index (χ2v) is 9.76. The molecule has 2 aliphatic heterocycles. The van der Waals surface area contributed by atoms with E-state index < -0.39 is 40.4 Å². The van der Waals surface area contributed by atoms with E-state index in [0.29, 0.717) is 6.29 Å². The number of aldehydes is 1. The van der Waals surface area contributed by atoms with Crippen LogP contribution >= 0.6 is 0 Å². The van der Waals surface area contributed by atoms with E-state index >= 15 is 0 Å². The summed E-state index contributed by atoms with van der Waals surface area (Å²) in [4.78, 5) is 11.8. The quantitative estimate of drug-likeness (QED) is 0.530. The fourth-order valence-electron chi connectivity index (χ4n) is 3.45. The third kappa shape index (κ3) is 4.06. The molecule has 8 heteroatoms. The van der Waals surface area contributed by atoms with Gasteiger partial charge in [-0.15, -0.1) is 0 Å². The summed E-state index contributed by atoms with van der Waals surface area (Å²) in [5.74, 6) is -0.919. The molecule has 0 saturated carbocycles. The molecule has 0 amide bonds. The molecule has 0 spiro atoms. The minimum absolute atomic E-state index is 0.101. The van der Waals surface area contributed by atoms with E-state index in [4.69, 9.17) is 14.2 Å². The zero-order valence-electron chi connectivity index (χ0n) is 16.8. The molecule has 2 saturated heterocycles. The van der Waals surface area contributed by atoms with E-state index in [1.807, 2.05) is 26.8 Å². The summed E-state index contributed by atoms with van der Waals surface area (Å²) in [5.41, 5.74) is 1.92. The minimum atomic E-state index is -3.90. The average molecular weight is 410 g/mol. The maximum absolute atomic E-state index is 13.5. The molecule has 1 aromatic carbocycles. The van der Waals surface area contributed by atoms with Crippen LogP contribution in [0.4, 0.5) is 0 Å². The van der Waals surface area contributed by atoms with Gasteiger partial charge in [-0.05, 0) is 46.8 Å². The van der Waals surface area contributed by atoms with Crippen LogP contribution in [0.1, 0.15) is 33.3 Å². The van der Waals surface area contributed by atoms with Gasteiger partial charge in [-0.1, -0.05) is 29.3 Å². The van der Waals surface area contributed by atoms with Crippen molar-refractivity contribution < 1.29 is 27.4 Å². The zero-order chi connectivity index (χ0) is 20.7. The normalized spacial score (nSPS) is 28.9. The molecule has 4 atom stereocenters. The molecular weight excluding hydrogens is 382 g/mol. The van der Waals surface area contributed by atoms with Crippen molar-refractivity contribution in [2.75, 3.05) is 6.54 Å². The molecule has 1 aromatic rings.